The van der Waals surface area contributed by atoms with Crippen LogP contribution in [0.15, 0.2) is 30.3 Å². The number of hydrogen-bond donors (Lipinski definition) is 2. The van der Waals surface area contributed by atoms with Gasteiger partial charge in [0, 0.05) is 12.6 Å². The van der Waals surface area contributed by atoms with E-state index in [1.165, 1.54) is 19.3 Å². The van der Waals surface area contributed by atoms with Crippen molar-refractivity contribution in [1.82, 2.24) is 5.32 Å². The van der Waals surface area contributed by atoms with Gasteiger partial charge in [0.05, 0.1) is 19.3 Å². The summed E-state index contributed by atoms with van der Waals surface area (Å²) < 4.78 is 5.57. The van der Waals surface area contributed by atoms with Crippen LogP contribution in [0.4, 0.5) is 0 Å². The third-order valence-electron chi connectivity index (χ3n) is 4.24. The molecule has 0 bridgehead atoms. The molecule has 2 N–H and O–H groups in total. The Bertz CT molecular complexity index is 385. The van der Waals surface area contributed by atoms with E-state index in [1.54, 1.807) is 0 Å². The Morgan fingerprint density at radius 3 is 2.48 bits per heavy atom. The van der Waals surface area contributed by atoms with Gasteiger partial charge in [0.1, 0.15) is 0 Å². The van der Waals surface area contributed by atoms with Crippen LogP contribution >= 0.6 is 0 Å². The van der Waals surface area contributed by atoms with Crippen molar-refractivity contribution in [3.63, 3.8) is 0 Å². The largest absolute Gasteiger partial charge is 0.389 e. The van der Waals surface area contributed by atoms with E-state index in [0.29, 0.717) is 25.8 Å². The Morgan fingerprint density at radius 1 is 1.14 bits per heavy atom. The molecular formula is C18H29NO2. The molecule has 0 aliphatic heterocycles. The van der Waals surface area contributed by atoms with Gasteiger partial charge in [0.2, 0.25) is 0 Å². The van der Waals surface area contributed by atoms with Crippen LogP contribution in [-0.2, 0) is 11.3 Å². The molecule has 3 heteroatoms. The Labute approximate surface area is 128 Å². The lowest BCUT2D eigenvalue weighted by Gasteiger charge is -2.32. The molecule has 0 radical (unpaired) electrons. The number of aliphatic hydroxyl groups excluding tert-OH is 1. The van der Waals surface area contributed by atoms with Gasteiger partial charge in [-0.15, -0.1) is 0 Å². The molecule has 0 spiro atoms. The number of ether oxygens (including phenoxy) is 1. The molecule has 3 unspecified atom stereocenters. The lowest BCUT2D eigenvalue weighted by Crippen LogP contribution is -2.41. The van der Waals surface area contributed by atoms with Crippen LogP contribution in [0.5, 0.6) is 0 Å². The second kappa shape index (κ2) is 8.52. The number of aliphatic hydroxyl groups is 1. The fourth-order valence-corrected chi connectivity index (χ4v) is 3.36. The van der Waals surface area contributed by atoms with Crippen molar-refractivity contribution >= 4 is 0 Å². The summed E-state index contributed by atoms with van der Waals surface area (Å²) >= 11 is 0. The average molecular weight is 291 g/mol. The summed E-state index contributed by atoms with van der Waals surface area (Å²) in [6.07, 6.45) is 3.35. The van der Waals surface area contributed by atoms with Gasteiger partial charge in [0.25, 0.3) is 0 Å². The van der Waals surface area contributed by atoms with Gasteiger partial charge < -0.3 is 15.2 Å². The maximum atomic E-state index is 10.0. The molecule has 1 aliphatic carbocycles. The van der Waals surface area contributed by atoms with Crippen LogP contribution in [0.2, 0.25) is 0 Å². The van der Waals surface area contributed by atoms with Gasteiger partial charge in [-0.3, -0.25) is 0 Å². The van der Waals surface area contributed by atoms with E-state index in [-0.39, 0.29) is 0 Å². The lowest BCUT2D eigenvalue weighted by molar-refractivity contribution is 0.0261. The molecule has 3 nitrogen and oxygen atoms in total. The predicted molar refractivity (Wildman–Crippen MR) is 86.1 cm³/mol. The predicted octanol–water partition coefficient (Wildman–Crippen LogP) is 2.98. The zero-order chi connectivity index (χ0) is 15.1. The molecule has 1 aromatic rings. The fourth-order valence-electron chi connectivity index (χ4n) is 3.36. The molecular weight excluding hydrogens is 262 g/mol. The second-order valence-corrected chi connectivity index (χ2v) is 6.68. The summed E-state index contributed by atoms with van der Waals surface area (Å²) in [6, 6.07) is 10.6. The maximum Gasteiger partial charge on any atom is 0.0897 e. The zero-order valence-electron chi connectivity index (χ0n) is 13.3. The first-order chi connectivity index (χ1) is 10.1. The Hall–Kier alpha value is -0.900. The van der Waals surface area contributed by atoms with Crippen molar-refractivity contribution in [3.8, 4) is 0 Å². The normalized spacial score (nSPS) is 27.5. The van der Waals surface area contributed by atoms with Gasteiger partial charge in [-0.05, 0) is 36.7 Å². The van der Waals surface area contributed by atoms with Crippen molar-refractivity contribution in [2.45, 2.75) is 51.9 Å². The summed E-state index contributed by atoms with van der Waals surface area (Å²) in [4.78, 5) is 0. The quantitative estimate of drug-likeness (QED) is 0.811. The first-order valence-electron chi connectivity index (χ1n) is 8.16. The Morgan fingerprint density at radius 2 is 1.81 bits per heavy atom. The van der Waals surface area contributed by atoms with E-state index in [9.17, 15) is 5.11 Å². The van der Waals surface area contributed by atoms with Crippen molar-refractivity contribution in [3.05, 3.63) is 35.9 Å². The molecule has 0 saturated heterocycles. The average Bonchev–Trinajstić information content (AvgIpc) is 2.45. The minimum atomic E-state index is -0.429. The third-order valence-corrected chi connectivity index (χ3v) is 4.24. The minimum absolute atomic E-state index is 0.389. The summed E-state index contributed by atoms with van der Waals surface area (Å²) in [6.45, 7) is 6.22. The number of benzene rings is 1. The van der Waals surface area contributed by atoms with Gasteiger partial charge in [-0.1, -0.05) is 44.2 Å². The highest BCUT2D eigenvalue weighted by Gasteiger charge is 2.23. The fraction of sp³-hybridized carbons (Fsp3) is 0.667. The monoisotopic (exact) mass is 291 g/mol. The van der Waals surface area contributed by atoms with Crippen molar-refractivity contribution in [2.24, 2.45) is 11.8 Å². The zero-order valence-corrected chi connectivity index (χ0v) is 13.3. The molecule has 0 amide bonds. The summed E-state index contributed by atoms with van der Waals surface area (Å²) in [5.74, 6) is 1.58. The molecule has 1 aromatic carbocycles. The molecule has 21 heavy (non-hydrogen) atoms. The van der Waals surface area contributed by atoms with Crippen LogP contribution in [0, 0.1) is 11.8 Å². The van der Waals surface area contributed by atoms with Crippen LogP contribution in [-0.4, -0.2) is 30.4 Å². The highest BCUT2D eigenvalue weighted by Crippen LogP contribution is 2.28. The van der Waals surface area contributed by atoms with E-state index >= 15 is 0 Å². The van der Waals surface area contributed by atoms with E-state index in [1.807, 2.05) is 30.3 Å². The smallest absolute Gasteiger partial charge is 0.0897 e. The number of nitrogens with one attached hydrogen (secondary N) is 1. The van der Waals surface area contributed by atoms with Gasteiger partial charge in [-0.2, -0.15) is 0 Å². The van der Waals surface area contributed by atoms with E-state index < -0.39 is 6.10 Å². The molecule has 0 heterocycles. The number of rotatable bonds is 7. The molecule has 1 fully saturated rings. The molecule has 1 saturated carbocycles. The van der Waals surface area contributed by atoms with Crippen LogP contribution in [0.1, 0.15) is 38.7 Å². The summed E-state index contributed by atoms with van der Waals surface area (Å²) in [5.41, 5.74) is 1.15. The van der Waals surface area contributed by atoms with Crippen molar-refractivity contribution in [2.75, 3.05) is 13.2 Å². The second-order valence-electron chi connectivity index (χ2n) is 6.68. The molecule has 118 valence electrons. The van der Waals surface area contributed by atoms with Crippen LogP contribution in [0.3, 0.4) is 0 Å². The topological polar surface area (TPSA) is 41.5 Å². The molecule has 0 aromatic heterocycles. The third kappa shape index (κ3) is 6.16. The molecule has 3 atom stereocenters. The van der Waals surface area contributed by atoms with Gasteiger partial charge >= 0.3 is 0 Å². The van der Waals surface area contributed by atoms with Crippen LogP contribution in [0.25, 0.3) is 0 Å². The van der Waals surface area contributed by atoms with E-state index in [2.05, 4.69) is 19.2 Å². The SMILES string of the molecule is CC1CC(C)CC(NCC(O)COCc2ccccc2)C1. The van der Waals surface area contributed by atoms with E-state index in [0.717, 1.165) is 17.4 Å². The summed E-state index contributed by atoms with van der Waals surface area (Å²) in [5, 5.41) is 13.5. The maximum absolute atomic E-state index is 10.0. The lowest BCUT2D eigenvalue weighted by atomic mass is 9.80. The van der Waals surface area contributed by atoms with Crippen LogP contribution < -0.4 is 5.32 Å². The van der Waals surface area contributed by atoms with Gasteiger partial charge in [0.15, 0.2) is 0 Å². The highest BCUT2D eigenvalue weighted by atomic mass is 16.5. The Balaban J connectivity index is 1.60. The van der Waals surface area contributed by atoms with Crippen molar-refractivity contribution < 1.29 is 9.84 Å². The standard InChI is InChI=1S/C18H29NO2/c1-14-8-15(2)10-17(9-14)19-11-18(20)13-21-12-16-6-4-3-5-7-16/h3-7,14-15,17-20H,8-13H2,1-2H3. The van der Waals surface area contributed by atoms with E-state index in [4.69, 9.17) is 4.74 Å². The molecule has 2 rings (SSSR count). The number of hydrogen-bond acceptors (Lipinski definition) is 3. The molecule has 1 aliphatic rings. The van der Waals surface area contributed by atoms with Crippen molar-refractivity contribution in [1.29, 1.82) is 0 Å². The highest BCUT2D eigenvalue weighted by molar-refractivity contribution is 5.13. The Kier molecular flexibility index (Phi) is 6.68. The summed E-state index contributed by atoms with van der Waals surface area (Å²) in [7, 11) is 0. The minimum Gasteiger partial charge on any atom is -0.389 e. The first-order valence-corrected chi connectivity index (χ1v) is 8.16. The van der Waals surface area contributed by atoms with Gasteiger partial charge in [-0.25, -0.2) is 0 Å². The first kappa shape index (κ1) is 16.5.